The third-order valence-electron chi connectivity index (χ3n) is 4.73. The van der Waals surface area contributed by atoms with E-state index in [-0.39, 0.29) is 49.0 Å². The Balaban J connectivity index is 1.61. The molecular formula is C23H21N3O4. The van der Waals surface area contributed by atoms with Gasteiger partial charge in [0, 0.05) is 25.1 Å². The van der Waals surface area contributed by atoms with Crippen LogP contribution >= 0.6 is 0 Å². The van der Waals surface area contributed by atoms with E-state index in [0.717, 1.165) is 5.56 Å². The number of carbonyl (C=O) groups is 4. The molecule has 1 aliphatic heterocycles. The fourth-order valence-corrected chi connectivity index (χ4v) is 3.15. The Hall–Kier alpha value is -3.92. The summed E-state index contributed by atoms with van der Waals surface area (Å²) in [5, 5.41) is 5.13. The van der Waals surface area contributed by atoms with Crippen LogP contribution in [0.15, 0.2) is 48.5 Å². The molecule has 30 heavy (non-hydrogen) atoms. The molecule has 152 valence electrons. The SMILES string of the molecule is C#CCNC(=O)CCNC(=O)c1ccc2c(c1)C(=O)N(CCc1ccccc1)C2=O. The summed E-state index contributed by atoms with van der Waals surface area (Å²) in [5.41, 5.74) is 1.79. The summed E-state index contributed by atoms with van der Waals surface area (Å²) < 4.78 is 0. The molecule has 7 heteroatoms. The van der Waals surface area contributed by atoms with Crippen LogP contribution < -0.4 is 10.6 Å². The highest BCUT2D eigenvalue weighted by Gasteiger charge is 2.35. The van der Waals surface area contributed by atoms with Gasteiger partial charge in [0.1, 0.15) is 0 Å². The number of rotatable bonds is 8. The minimum atomic E-state index is -0.425. The molecule has 0 spiro atoms. The summed E-state index contributed by atoms with van der Waals surface area (Å²) in [7, 11) is 0. The molecule has 0 aromatic heterocycles. The van der Waals surface area contributed by atoms with Crippen molar-refractivity contribution in [2.24, 2.45) is 0 Å². The van der Waals surface area contributed by atoms with E-state index in [1.165, 1.54) is 23.1 Å². The van der Waals surface area contributed by atoms with Gasteiger partial charge in [0.05, 0.1) is 17.7 Å². The molecule has 4 amide bonds. The maximum absolute atomic E-state index is 12.7. The van der Waals surface area contributed by atoms with Gasteiger partial charge in [-0.05, 0) is 30.2 Å². The Kier molecular flexibility index (Phi) is 6.60. The number of imide groups is 1. The van der Waals surface area contributed by atoms with Crippen molar-refractivity contribution >= 4 is 23.6 Å². The molecule has 2 aromatic rings. The van der Waals surface area contributed by atoms with Crippen molar-refractivity contribution in [3.63, 3.8) is 0 Å². The second-order valence-electron chi connectivity index (χ2n) is 6.74. The Morgan fingerprint density at radius 3 is 2.43 bits per heavy atom. The zero-order valence-corrected chi connectivity index (χ0v) is 16.3. The molecule has 0 aliphatic carbocycles. The minimum absolute atomic E-state index is 0.0864. The quantitative estimate of drug-likeness (QED) is 0.514. The van der Waals surface area contributed by atoms with Crippen LogP contribution in [0.2, 0.25) is 0 Å². The van der Waals surface area contributed by atoms with Crippen LogP contribution in [0, 0.1) is 12.3 Å². The molecule has 0 fully saturated rings. The van der Waals surface area contributed by atoms with Crippen molar-refractivity contribution in [2.45, 2.75) is 12.8 Å². The molecule has 1 aliphatic rings. The number of nitrogens with one attached hydrogen (secondary N) is 2. The van der Waals surface area contributed by atoms with Crippen LogP contribution in [-0.2, 0) is 11.2 Å². The third kappa shape index (κ3) is 4.73. The van der Waals surface area contributed by atoms with E-state index in [4.69, 9.17) is 6.42 Å². The van der Waals surface area contributed by atoms with E-state index >= 15 is 0 Å². The summed E-state index contributed by atoms with van der Waals surface area (Å²) in [6.07, 6.45) is 5.71. The summed E-state index contributed by atoms with van der Waals surface area (Å²) in [6.45, 7) is 0.529. The molecule has 0 saturated heterocycles. The van der Waals surface area contributed by atoms with Gasteiger partial charge in [0.25, 0.3) is 17.7 Å². The van der Waals surface area contributed by atoms with Crippen LogP contribution in [0.5, 0.6) is 0 Å². The maximum atomic E-state index is 12.7. The lowest BCUT2D eigenvalue weighted by molar-refractivity contribution is -0.120. The van der Waals surface area contributed by atoms with Crippen LogP contribution in [-0.4, -0.2) is 48.2 Å². The van der Waals surface area contributed by atoms with Gasteiger partial charge in [-0.3, -0.25) is 24.1 Å². The zero-order valence-electron chi connectivity index (χ0n) is 16.3. The fourth-order valence-electron chi connectivity index (χ4n) is 3.15. The number of carbonyl (C=O) groups excluding carboxylic acids is 4. The average Bonchev–Trinajstić information content (AvgIpc) is 3.00. The van der Waals surface area contributed by atoms with E-state index < -0.39 is 11.8 Å². The van der Waals surface area contributed by atoms with E-state index in [1.807, 2.05) is 30.3 Å². The lowest BCUT2D eigenvalue weighted by Crippen LogP contribution is -2.31. The van der Waals surface area contributed by atoms with Gasteiger partial charge >= 0.3 is 0 Å². The predicted octanol–water partition coefficient (Wildman–Crippen LogP) is 1.39. The first-order chi connectivity index (χ1) is 14.5. The van der Waals surface area contributed by atoms with Gasteiger partial charge < -0.3 is 10.6 Å². The summed E-state index contributed by atoms with van der Waals surface area (Å²) >= 11 is 0. The molecule has 1 heterocycles. The molecule has 0 saturated carbocycles. The second kappa shape index (κ2) is 9.52. The first-order valence-electron chi connectivity index (χ1n) is 9.54. The molecule has 0 atom stereocenters. The lowest BCUT2D eigenvalue weighted by atomic mass is 10.1. The summed E-state index contributed by atoms with van der Waals surface area (Å²) in [6, 6.07) is 14.0. The van der Waals surface area contributed by atoms with Crippen LogP contribution in [0.3, 0.4) is 0 Å². The van der Waals surface area contributed by atoms with Gasteiger partial charge in [-0.1, -0.05) is 36.3 Å². The average molecular weight is 403 g/mol. The lowest BCUT2D eigenvalue weighted by Gasteiger charge is -2.13. The Morgan fingerprint density at radius 2 is 1.70 bits per heavy atom. The largest absolute Gasteiger partial charge is 0.352 e. The number of amides is 4. The second-order valence-corrected chi connectivity index (χ2v) is 6.74. The fraction of sp³-hybridized carbons (Fsp3) is 0.217. The van der Waals surface area contributed by atoms with Crippen LogP contribution in [0.25, 0.3) is 0 Å². The Labute approximate surface area is 174 Å². The van der Waals surface area contributed by atoms with E-state index in [2.05, 4.69) is 16.6 Å². The van der Waals surface area contributed by atoms with E-state index in [0.29, 0.717) is 12.0 Å². The summed E-state index contributed by atoms with van der Waals surface area (Å²) in [5.74, 6) is 0.836. The number of terminal acetylenes is 1. The first-order valence-corrected chi connectivity index (χ1v) is 9.54. The molecule has 2 N–H and O–H groups in total. The highest BCUT2D eigenvalue weighted by molar-refractivity contribution is 6.22. The van der Waals surface area contributed by atoms with E-state index in [9.17, 15) is 19.2 Å². The minimum Gasteiger partial charge on any atom is -0.352 e. The standard InChI is InChI=1S/C23H21N3O4/c1-2-12-24-20(27)10-13-25-21(28)17-8-9-18-19(15-17)23(30)26(22(18)29)14-11-16-6-4-3-5-7-16/h1,3-9,15H,10-14H2,(H,24,27)(H,25,28). The van der Waals surface area contributed by atoms with Gasteiger partial charge in [-0.25, -0.2) is 0 Å². The van der Waals surface area contributed by atoms with E-state index in [1.54, 1.807) is 0 Å². The number of fused-ring (bicyclic) bond motifs is 1. The van der Waals surface area contributed by atoms with Crippen molar-refractivity contribution in [2.75, 3.05) is 19.6 Å². The Bertz CT molecular complexity index is 1020. The molecule has 2 aromatic carbocycles. The predicted molar refractivity (Wildman–Crippen MR) is 111 cm³/mol. The molecule has 0 radical (unpaired) electrons. The van der Waals surface area contributed by atoms with Crippen LogP contribution in [0.1, 0.15) is 43.1 Å². The highest BCUT2D eigenvalue weighted by atomic mass is 16.2. The normalized spacial score (nSPS) is 12.3. The smallest absolute Gasteiger partial charge is 0.261 e. The number of hydrogen-bond acceptors (Lipinski definition) is 4. The van der Waals surface area contributed by atoms with Crippen molar-refractivity contribution in [3.05, 3.63) is 70.8 Å². The maximum Gasteiger partial charge on any atom is 0.261 e. The van der Waals surface area contributed by atoms with Gasteiger partial charge in [0.15, 0.2) is 0 Å². The van der Waals surface area contributed by atoms with Gasteiger partial charge in [0.2, 0.25) is 5.91 Å². The van der Waals surface area contributed by atoms with Crippen molar-refractivity contribution in [1.82, 2.24) is 15.5 Å². The van der Waals surface area contributed by atoms with Crippen molar-refractivity contribution in [3.8, 4) is 12.3 Å². The van der Waals surface area contributed by atoms with Crippen LogP contribution in [0.4, 0.5) is 0 Å². The van der Waals surface area contributed by atoms with Crippen molar-refractivity contribution < 1.29 is 19.2 Å². The number of hydrogen-bond donors (Lipinski definition) is 2. The number of nitrogens with zero attached hydrogens (tertiary/aromatic N) is 1. The zero-order chi connectivity index (χ0) is 21.5. The first kappa shape index (κ1) is 20.8. The molecule has 3 rings (SSSR count). The third-order valence-corrected chi connectivity index (χ3v) is 4.73. The monoisotopic (exact) mass is 403 g/mol. The highest BCUT2D eigenvalue weighted by Crippen LogP contribution is 2.24. The Morgan fingerprint density at radius 1 is 0.967 bits per heavy atom. The van der Waals surface area contributed by atoms with Crippen molar-refractivity contribution in [1.29, 1.82) is 0 Å². The topological polar surface area (TPSA) is 95.6 Å². The number of benzene rings is 2. The summed E-state index contributed by atoms with van der Waals surface area (Å²) in [4.78, 5) is 50.3. The molecule has 0 bridgehead atoms. The van der Waals surface area contributed by atoms with Gasteiger partial charge in [-0.15, -0.1) is 6.42 Å². The van der Waals surface area contributed by atoms with Gasteiger partial charge in [-0.2, -0.15) is 0 Å². The molecule has 7 nitrogen and oxygen atoms in total. The molecular weight excluding hydrogens is 382 g/mol. The molecule has 0 unspecified atom stereocenters.